The molecule has 1 aliphatic heterocycles. The molecule has 0 aromatic rings. The topological polar surface area (TPSA) is 12.5 Å². The smallest absolute Gasteiger partial charge is 0.158 e. The van der Waals surface area contributed by atoms with Gasteiger partial charge in [-0.1, -0.05) is 6.92 Å². The number of allylic oxidation sites excluding steroid dienone is 1. The van der Waals surface area contributed by atoms with Gasteiger partial charge in [-0.3, -0.25) is 0 Å². The molecule has 1 saturated carbocycles. The number of hydrogen-bond acceptors (Lipinski definition) is 1. The van der Waals surface area contributed by atoms with Crippen molar-refractivity contribution >= 4 is 0 Å². The quantitative estimate of drug-likeness (QED) is 0.500. The van der Waals surface area contributed by atoms with Gasteiger partial charge in [0.1, 0.15) is 5.76 Å². The van der Waals surface area contributed by atoms with Gasteiger partial charge in [-0.15, -0.1) is 0 Å². The van der Waals surface area contributed by atoms with E-state index in [1.54, 1.807) is 5.57 Å². The Hall–Kier alpha value is -0.460. The fourth-order valence-electron chi connectivity index (χ4n) is 2.54. The van der Waals surface area contributed by atoms with Crippen LogP contribution in [0.1, 0.15) is 19.3 Å². The van der Waals surface area contributed by atoms with Gasteiger partial charge in [-0.25, -0.2) is 0 Å². The molecule has 1 saturated heterocycles. The molecule has 2 bridgehead atoms. The van der Waals surface area contributed by atoms with Crippen LogP contribution in [0.15, 0.2) is 11.3 Å². The number of hydrogen-bond donors (Lipinski definition) is 0. The Balaban J connectivity index is 1.97. The summed E-state index contributed by atoms with van der Waals surface area (Å²) in [5.41, 5.74) is 1.61. The highest BCUT2D eigenvalue weighted by atomic mass is 16.6. The van der Waals surface area contributed by atoms with Gasteiger partial charge in [0.15, 0.2) is 6.10 Å². The van der Waals surface area contributed by atoms with Crippen molar-refractivity contribution in [3.8, 4) is 0 Å². The van der Waals surface area contributed by atoms with E-state index in [2.05, 4.69) is 6.92 Å². The first-order chi connectivity index (χ1) is 4.90. The largest absolute Gasteiger partial charge is 0.483 e. The molecule has 3 rings (SSSR count). The summed E-state index contributed by atoms with van der Waals surface area (Å²) in [6.45, 7) is 3.96. The van der Waals surface area contributed by atoms with Crippen LogP contribution in [0.4, 0.5) is 0 Å². The Labute approximate surface area is 61.1 Å². The average molecular weight is 135 g/mol. The average Bonchev–Trinajstić information content (AvgIpc) is 2.58. The molecule has 0 spiro atoms. The zero-order valence-corrected chi connectivity index (χ0v) is 5.97. The van der Waals surface area contributed by atoms with Crippen LogP contribution in [0.25, 0.3) is 0 Å². The van der Waals surface area contributed by atoms with Crippen molar-refractivity contribution in [1.82, 2.24) is 0 Å². The summed E-state index contributed by atoms with van der Waals surface area (Å²) >= 11 is 0. The lowest BCUT2D eigenvalue weighted by Gasteiger charge is -2.12. The van der Waals surface area contributed by atoms with E-state index in [-0.39, 0.29) is 0 Å². The highest BCUT2D eigenvalue weighted by Gasteiger charge is 2.55. The van der Waals surface area contributed by atoms with Gasteiger partial charge in [-0.05, 0) is 30.8 Å². The van der Waals surface area contributed by atoms with Crippen molar-refractivity contribution in [2.24, 2.45) is 11.8 Å². The van der Waals surface area contributed by atoms with Gasteiger partial charge in [-0.2, -0.15) is 0 Å². The number of epoxide rings is 1. The lowest BCUT2D eigenvalue weighted by molar-refractivity contribution is 0.279. The summed E-state index contributed by atoms with van der Waals surface area (Å²) in [6.07, 6.45) is 4.29. The summed E-state index contributed by atoms with van der Waals surface area (Å²) in [5, 5.41) is 0. The molecule has 1 nitrogen and oxygen atoms in total. The lowest BCUT2D eigenvalue weighted by Crippen LogP contribution is -2.12. The summed E-state index contributed by atoms with van der Waals surface area (Å²) in [7, 11) is 0. The Bertz CT molecular complexity index is 217. The minimum Gasteiger partial charge on any atom is -0.483 e. The second kappa shape index (κ2) is 1.41. The molecule has 2 fully saturated rings. The normalized spacial score (nSPS) is 47.5. The van der Waals surface area contributed by atoms with Gasteiger partial charge < -0.3 is 4.74 Å². The zero-order chi connectivity index (χ0) is 6.72. The van der Waals surface area contributed by atoms with Crippen molar-refractivity contribution in [3.63, 3.8) is 0 Å². The summed E-state index contributed by atoms with van der Waals surface area (Å²) in [5.74, 6) is 3.04. The van der Waals surface area contributed by atoms with Crippen molar-refractivity contribution in [3.05, 3.63) is 18.3 Å². The van der Waals surface area contributed by atoms with Crippen molar-refractivity contribution in [1.29, 1.82) is 0 Å². The molecular weight excluding hydrogens is 124 g/mol. The molecule has 10 heavy (non-hydrogen) atoms. The Morgan fingerprint density at radius 1 is 1.50 bits per heavy atom. The predicted octanol–water partition coefficient (Wildman–Crippen LogP) is 1.90. The first-order valence-corrected chi connectivity index (χ1v) is 4.08. The Morgan fingerprint density at radius 3 is 3.00 bits per heavy atom. The van der Waals surface area contributed by atoms with E-state index in [4.69, 9.17) is 4.74 Å². The number of rotatable bonds is 1. The van der Waals surface area contributed by atoms with Crippen molar-refractivity contribution in [2.75, 3.05) is 0 Å². The molecule has 2 aliphatic carbocycles. The van der Waals surface area contributed by atoms with E-state index in [1.165, 1.54) is 18.6 Å². The number of fused-ring (bicyclic) bond motifs is 4. The van der Waals surface area contributed by atoms with Crippen LogP contribution in [0.5, 0.6) is 0 Å². The molecule has 3 atom stereocenters. The van der Waals surface area contributed by atoms with E-state index in [1.807, 2.05) is 0 Å². The molecule has 0 amide bonds. The second-order valence-electron chi connectivity index (χ2n) is 3.63. The molecule has 53 valence electrons. The van der Waals surface area contributed by atoms with E-state index in [9.17, 15) is 0 Å². The highest BCUT2D eigenvalue weighted by Crippen LogP contribution is 2.58. The van der Waals surface area contributed by atoms with E-state index < -0.39 is 0 Å². The summed E-state index contributed by atoms with van der Waals surface area (Å²) < 4.78 is 5.42. The zero-order valence-electron chi connectivity index (χ0n) is 5.97. The highest BCUT2D eigenvalue weighted by molar-refractivity contribution is 5.36. The van der Waals surface area contributed by atoms with Crippen LogP contribution in [0.3, 0.4) is 0 Å². The molecule has 0 aromatic heterocycles. The van der Waals surface area contributed by atoms with Crippen LogP contribution in [-0.4, -0.2) is 6.10 Å². The summed E-state index contributed by atoms with van der Waals surface area (Å²) in [4.78, 5) is 0. The van der Waals surface area contributed by atoms with Crippen LogP contribution in [-0.2, 0) is 4.74 Å². The van der Waals surface area contributed by atoms with Crippen molar-refractivity contribution in [2.45, 2.75) is 25.4 Å². The van der Waals surface area contributed by atoms with E-state index >= 15 is 0 Å². The molecular formula is C9H11O. The van der Waals surface area contributed by atoms with Gasteiger partial charge in [0, 0.05) is 5.92 Å². The molecule has 0 aromatic carbocycles. The molecule has 3 aliphatic rings. The molecule has 1 heteroatoms. The maximum Gasteiger partial charge on any atom is 0.158 e. The van der Waals surface area contributed by atoms with E-state index in [0.29, 0.717) is 6.10 Å². The van der Waals surface area contributed by atoms with Crippen LogP contribution >= 0.6 is 0 Å². The fraction of sp³-hybridized carbons (Fsp3) is 0.667. The SMILES string of the molecule is [CH2]CC1CC2=C3OC3C1C2. The maximum absolute atomic E-state index is 5.42. The minimum absolute atomic E-state index is 0.565. The van der Waals surface area contributed by atoms with E-state index in [0.717, 1.165) is 18.3 Å². The minimum atomic E-state index is 0.565. The Morgan fingerprint density at radius 2 is 2.40 bits per heavy atom. The third kappa shape index (κ3) is 0.425. The maximum atomic E-state index is 5.42. The molecule has 1 heterocycles. The van der Waals surface area contributed by atoms with Crippen LogP contribution < -0.4 is 0 Å². The lowest BCUT2D eigenvalue weighted by atomic mass is 9.90. The first-order valence-electron chi connectivity index (χ1n) is 4.08. The molecule has 0 N–H and O–H groups in total. The van der Waals surface area contributed by atoms with Gasteiger partial charge in [0.05, 0.1) is 0 Å². The van der Waals surface area contributed by atoms with Crippen LogP contribution in [0.2, 0.25) is 0 Å². The van der Waals surface area contributed by atoms with Crippen LogP contribution in [0, 0.1) is 18.8 Å². The third-order valence-corrected chi connectivity index (χ3v) is 3.16. The first kappa shape index (κ1) is 5.22. The standard InChI is InChI=1S/C9H11O/c1-2-5-3-6-4-7(5)9-8(6)10-9/h5,7,9H,1-4H2. The van der Waals surface area contributed by atoms with Gasteiger partial charge in [0.25, 0.3) is 0 Å². The second-order valence-corrected chi connectivity index (χ2v) is 3.63. The molecule has 3 unspecified atom stereocenters. The molecule has 1 radical (unpaired) electrons. The number of ether oxygens (including phenoxy) is 1. The van der Waals surface area contributed by atoms with Crippen molar-refractivity contribution < 1.29 is 4.74 Å². The third-order valence-electron chi connectivity index (χ3n) is 3.16. The fourth-order valence-corrected chi connectivity index (χ4v) is 2.54. The van der Waals surface area contributed by atoms with Gasteiger partial charge >= 0.3 is 0 Å². The van der Waals surface area contributed by atoms with Gasteiger partial charge in [0.2, 0.25) is 0 Å². The monoisotopic (exact) mass is 135 g/mol. The Kier molecular flexibility index (Phi) is 0.738. The predicted molar refractivity (Wildman–Crippen MR) is 38.1 cm³/mol. The summed E-state index contributed by atoms with van der Waals surface area (Å²) in [6, 6.07) is 0.